The quantitative estimate of drug-likeness (QED) is 0.722. The van der Waals surface area contributed by atoms with Gasteiger partial charge in [0, 0.05) is 21.5 Å². The van der Waals surface area contributed by atoms with Gasteiger partial charge in [0.15, 0.2) is 16.8 Å². The minimum Gasteiger partial charge on any atom is -0.298 e. The van der Waals surface area contributed by atoms with E-state index in [2.05, 4.69) is 10.3 Å². The van der Waals surface area contributed by atoms with Gasteiger partial charge in [0.2, 0.25) is 0 Å². The van der Waals surface area contributed by atoms with E-state index >= 15 is 0 Å². The lowest BCUT2D eigenvalue weighted by Gasteiger charge is -2.02. The lowest BCUT2D eigenvalue weighted by molar-refractivity contribution is 0.102. The first-order chi connectivity index (χ1) is 11.0. The topological polar surface area (TPSA) is 42.0 Å². The van der Waals surface area contributed by atoms with Gasteiger partial charge in [-0.05, 0) is 36.4 Å². The molecule has 0 aliphatic rings. The van der Waals surface area contributed by atoms with E-state index in [9.17, 15) is 13.6 Å². The van der Waals surface area contributed by atoms with E-state index in [0.717, 1.165) is 12.1 Å². The molecule has 0 spiro atoms. The molecule has 0 fully saturated rings. The average molecular weight is 351 g/mol. The second-order valence-corrected chi connectivity index (χ2v) is 5.93. The molecule has 0 atom stereocenters. The monoisotopic (exact) mass is 350 g/mol. The molecule has 2 aromatic carbocycles. The number of hydrogen-bond donors (Lipinski definition) is 1. The van der Waals surface area contributed by atoms with Crippen LogP contribution in [0, 0.1) is 11.6 Å². The van der Waals surface area contributed by atoms with Crippen LogP contribution < -0.4 is 5.32 Å². The highest BCUT2D eigenvalue weighted by molar-refractivity contribution is 7.14. The molecular weight excluding hydrogens is 342 g/mol. The maximum Gasteiger partial charge on any atom is 0.257 e. The Bertz CT molecular complexity index is 882. The summed E-state index contributed by atoms with van der Waals surface area (Å²) in [4.78, 5) is 16.3. The summed E-state index contributed by atoms with van der Waals surface area (Å²) < 4.78 is 26.2. The molecule has 116 valence electrons. The minimum atomic E-state index is -0.944. The van der Waals surface area contributed by atoms with Gasteiger partial charge in [-0.2, -0.15) is 0 Å². The molecule has 3 aromatic rings. The third kappa shape index (κ3) is 3.55. The Balaban J connectivity index is 1.79. The summed E-state index contributed by atoms with van der Waals surface area (Å²) in [6.45, 7) is 0. The van der Waals surface area contributed by atoms with Crippen molar-refractivity contribution in [3.05, 3.63) is 70.1 Å². The van der Waals surface area contributed by atoms with Gasteiger partial charge in [-0.25, -0.2) is 13.8 Å². The van der Waals surface area contributed by atoms with Crippen LogP contribution in [0.15, 0.2) is 47.8 Å². The number of rotatable bonds is 3. The first-order valence-corrected chi connectivity index (χ1v) is 7.76. The molecule has 3 rings (SSSR count). The summed E-state index contributed by atoms with van der Waals surface area (Å²) >= 11 is 7.03. The fraction of sp³-hybridized carbons (Fsp3) is 0. The van der Waals surface area contributed by atoms with E-state index in [1.807, 2.05) is 0 Å². The number of benzene rings is 2. The van der Waals surface area contributed by atoms with Gasteiger partial charge in [0.25, 0.3) is 5.91 Å². The maximum atomic E-state index is 13.3. The van der Waals surface area contributed by atoms with Crippen molar-refractivity contribution in [3.63, 3.8) is 0 Å². The number of anilines is 1. The Morgan fingerprint density at radius 3 is 2.70 bits per heavy atom. The van der Waals surface area contributed by atoms with E-state index in [1.54, 1.807) is 29.6 Å². The number of halogens is 3. The maximum absolute atomic E-state index is 13.3. The Kier molecular flexibility index (Phi) is 4.36. The van der Waals surface area contributed by atoms with Crippen molar-refractivity contribution >= 4 is 34.0 Å². The van der Waals surface area contributed by atoms with Crippen molar-refractivity contribution in [2.45, 2.75) is 0 Å². The fourth-order valence-electron chi connectivity index (χ4n) is 1.92. The van der Waals surface area contributed by atoms with Crippen LogP contribution in [-0.2, 0) is 0 Å². The van der Waals surface area contributed by atoms with Gasteiger partial charge in [-0.1, -0.05) is 17.7 Å². The summed E-state index contributed by atoms with van der Waals surface area (Å²) in [6.07, 6.45) is 0. The van der Waals surface area contributed by atoms with Gasteiger partial charge < -0.3 is 0 Å². The first kappa shape index (κ1) is 15.6. The van der Waals surface area contributed by atoms with Gasteiger partial charge >= 0.3 is 0 Å². The minimum absolute atomic E-state index is 0.348. The predicted molar refractivity (Wildman–Crippen MR) is 86.9 cm³/mol. The number of carbonyl (C=O) groups excluding carboxylic acids is 1. The number of hydrogen-bond acceptors (Lipinski definition) is 3. The number of nitrogens with zero attached hydrogens (tertiary/aromatic N) is 1. The summed E-state index contributed by atoms with van der Waals surface area (Å²) in [7, 11) is 0. The fourth-order valence-corrected chi connectivity index (χ4v) is 2.82. The lowest BCUT2D eigenvalue weighted by atomic mass is 10.2. The second-order valence-electron chi connectivity index (χ2n) is 4.63. The summed E-state index contributed by atoms with van der Waals surface area (Å²) in [6, 6.07) is 10.0. The van der Waals surface area contributed by atoms with Gasteiger partial charge in [0.1, 0.15) is 0 Å². The number of aromatic nitrogens is 1. The van der Waals surface area contributed by atoms with E-state index in [4.69, 9.17) is 11.6 Å². The Morgan fingerprint density at radius 1 is 1.13 bits per heavy atom. The molecule has 0 unspecified atom stereocenters. The Morgan fingerprint density at radius 2 is 1.96 bits per heavy atom. The Hall–Kier alpha value is -2.31. The molecule has 0 radical (unpaired) electrons. The van der Waals surface area contributed by atoms with Gasteiger partial charge in [-0.3, -0.25) is 10.1 Å². The predicted octanol–water partition coefficient (Wildman–Crippen LogP) is 4.99. The number of amides is 1. The lowest BCUT2D eigenvalue weighted by Crippen LogP contribution is -2.11. The van der Waals surface area contributed by atoms with Crippen LogP contribution in [0.2, 0.25) is 5.02 Å². The SMILES string of the molecule is O=C(Nc1nc(-c2ccc(F)c(F)c2)cs1)c1cccc(Cl)c1. The number of thiazole rings is 1. The standard InChI is InChI=1S/C16H9ClF2N2OS/c17-11-3-1-2-10(6-11)15(22)21-16-20-14(8-23-16)9-4-5-12(18)13(19)7-9/h1-8H,(H,20,21,22). The molecule has 0 bridgehead atoms. The molecule has 23 heavy (non-hydrogen) atoms. The average Bonchev–Trinajstić information content (AvgIpc) is 2.98. The van der Waals surface area contributed by atoms with Crippen molar-refractivity contribution in [1.29, 1.82) is 0 Å². The summed E-state index contributed by atoms with van der Waals surface area (Å²) in [5, 5.41) is 5.11. The zero-order valence-electron chi connectivity index (χ0n) is 11.5. The molecule has 0 saturated carbocycles. The van der Waals surface area contributed by atoms with Crippen LogP contribution in [0.5, 0.6) is 0 Å². The third-order valence-corrected chi connectivity index (χ3v) is 4.02. The van der Waals surface area contributed by atoms with Crippen molar-refractivity contribution in [1.82, 2.24) is 4.98 Å². The van der Waals surface area contributed by atoms with Crippen LogP contribution in [-0.4, -0.2) is 10.9 Å². The van der Waals surface area contributed by atoms with E-state index < -0.39 is 11.6 Å². The molecule has 3 nitrogen and oxygen atoms in total. The normalized spacial score (nSPS) is 10.6. The smallest absolute Gasteiger partial charge is 0.257 e. The molecule has 0 saturated heterocycles. The highest BCUT2D eigenvalue weighted by Crippen LogP contribution is 2.26. The van der Waals surface area contributed by atoms with Crippen molar-refractivity contribution in [2.75, 3.05) is 5.32 Å². The molecule has 1 amide bonds. The molecule has 1 heterocycles. The molecular formula is C16H9ClF2N2OS. The van der Waals surface area contributed by atoms with E-state index in [-0.39, 0.29) is 5.91 Å². The van der Waals surface area contributed by atoms with Crippen molar-refractivity contribution in [3.8, 4) is 11.3 Å². The molecule has 0 aliphatic carbocycles. The second kappa shape index (κ2) is 6.44. The first-order valence-electron chi connectivity index (χ1n) is 6.51. The highest BCUT2D eigenvalue weighted by atomic mass is 35.5. The van der Waals surface area contributed by atoms with Gasteiger partial charge in [0.05, 0.1) is 5.69 Å². The molecule has 7 heteroatoms. The Labute approximate surface area is 139 Å². The van der Waals surface area contributed by atoms with Crippen LogP contribution in [0.1, 0.15) is 10.4 Å². The summed E-state index contributed by atoms with van der Waals surface area (Å²) in [5.74, 6) is -2.21. The van der Waals surface area contributed by atoms with Crippen LogP contribution in [0.3, 0.4) is 0 Å². The molecule has 1 N–H and O–H groups in total. The molecule has 0 aliphatic heterocycles. The zero-order chi connectivity index (χ0) is 16.4. The molecule has 1 aromatic heterocycles. The summed E-state index contributed by atoms with van der Waals surface area (Å²) in [5.41, 5.74) is 1.29. The zero-order valence-corrected chi connectivity index (χ0v) is 13.1. The van der Waals surface area contributed by atoms with Gasteiger partial charge in [-0.15, -0.1) is 11.3 Å². The van der Waals surface area contributed by atoms with Crippen LogP contribution >= 0.6 is 22.9 Å². The van der Waals surface area contributed by atoms with Crippen molar-refractivity contribution < 1.29 is 13.6 Å². The van der Waals surface area contributed by atoms with Crippen LogP contribution in [0.25, 0.3) is 11.3 Å². The van der Waals surface area contributed by atoms with E-state index in [1.165, 1.54) is 17.4 Å². The number of carbonyl (C=O) groups is 1. The van der Waals surface area contributed by atoms with Crippen molar-refractivity contribution in [2.24, 2.45) is 0 Å². The number of nitrogens with one attached hydrogen (secondary N) is 1. The highest BCUT2D eigenvalue weighted by Gasteiger charge is 2.11. The van der Waals surface area contributed by atoms with Crippen LogP contribution in [0.4, 0.5) is 13.9 Å². The van der Waals surface area contributed by atoms with E-state index in [0.29, 0.717) is 27.0 Å². The third-order valence-electron chi connectivity index (χ3n) is 3.03. The largest absolute Gasteiger partial charge is 0.298 e.